The first-order valence-corrected chi connectivity index (χ1v) is 15.7. The number of fused-ring (bicyclic) bond motifs is 6. The van der Waals surface area contributed by atoms with Crippen LogP contribution in [0.2, 0.25) is 0 Å². The van der Waals surface area contributed by atoms with E-state index >= 15 is 0 Å². The Hall–Kier alpha value is -2.35. The van der Waals surface area contributed by atoms with Gasteiger partial charge in [0.15, 0.2) is 0 Å². The maximum Gasteiger partial charge on any atom is 0.327 e. The lowest BCUT2D eigenvalue weighted by molar-refractivity contribution is -0.0573. The molecule has 2 aromatic rings. The standard InChI is InChI=1S/C27H46O.C5H4N4O3/c1-18(2)7-6-8-19(3)23-11-12-24-22-10-9-20-17-21(28)13-15-26(20,4)25(22)14-16-27(23,24)5;10-3-1-2(7-4(11)6-1)8-5(12)9-3/h9,18-19,21-25,28H,6-8,10-17H2,1-5H3;(H4,6,7,8,9,10,11,12)/t19?,21-,22-,23+,24-,25-,26-,27+;/m0./s1. The van der Waals surface area contributed by atoms with E-state index in [2.05, 4.69) is 55.6 Å². The van der Waals surface area contributed by atoms with Crippen molar-refractivity contribution in [2.24, 2.45) is 46.3 Å². The van der Waals surface area contributed by atoms with Crippen molar-refractivity contribution in [3.05, 3.63) is 43.0 Å². The van der Waals surface area contributed by atoms with Crippen molar-refractivity contribution in [1.82, 2.24) is 19.9 Å². The SMILES string of the molecule is CC(C)CCCC(C)[C@H]1CC[C@H]2[C@@H]3CC=C4C[C@@H](O)CC[C@]4(C)[C@H]3CC[C@]12C.O=c1[nH]c(=O)c2[nH]c(=O)[nH]c2[nH]1. The molecule has 2 heterocycles. The average molecular weight is 555 g/mol. The molecule has 8 nitrogen and oxygen atoms in total. The summed E-state index contributed by atoms with van der Waals surface area (Å²) in [5, 5.41) is 10.2. The third-order valence-corrected chi connectivity index (χ3v) is 11.7. The van der Waals surface area contributed by atoms with Crippen LogP contribution in [0.4, 0.5) is 0 Å². The number of aromatic amines is 4. The minimum absolute atomic E-state index is 0.0413. The van der Waals surface area contributed by atoms with Crippen LogP contribution in [-0.4, -0.2) is 31.1 Å². The Morgan fingerprint density at radius 2 is 1.62 bits per heavy atom. The van der Waals surface area contributed by atoms with E-state index in [-0.39, 0.29) is 17.3 Å². The second-order valence-corrected chi connectivity index (χ2v) is 14.4. The highest BCUT2D eigenvalue weighted by atomic mass is 16.3. The number of rotatable bonds is 5. The molecular formula is C32H50N4O4. The van der Waals surface area contributed by atoms with Crippen molar-refractivity contribution in [1.29, 1.82) is 0 Å². The lowest BCUT2D eigenvalue weighted by atomic mass is 9.47. The Labute approximate surface area is 236 Å². The maximum absolute atomic E-state index is 10.9. The van der Waals surface area contributed by atoms with Crippen molar-refractivity contribution in [2.45, 2.75) is 111 Å². The van der Waals surface area contributed by atoms with Crippen molar-refractivity contribution < 1.29 is 5.11 Å². The molecule has 222 valence electrons. The van der Waals surface area contributed by atoms with E-state index in [0.29, 0.717) is 10.8 Å². The van der Waals surface area contributed by atoms with Crippen LogP contribution in [0.1, 0.15) is 105 Å². The zero-order chi connectivity index (χ0) is 28.8. The van der Waals surface area contributed by atoms with Gasteiger partial charge in [0.25, 0.3) is 5.56 Å². The fourth-order valence-corrected chi connectivity index (χ4v) is 9.62. The van der Waals surface area contributed by atoms with Gasteiger partial charge in [-0.3, -0.25) is 24.7 Å². The van der Waals surface area contributed by atoms with Gasteiger partial charge in [0.1, 0.15) is 11.2 Å². The molecule has 0 saturated heterocycles. The number of nitrogens with one attached hydrogen (secondary N) is 4. The highest BCUT2D eigenvalue weighted by Gasteiger charge is 2.59. The topological polar surface area (TPSA) is 135 Å². The third-order valence-electron chi connectivity index (χ3n) is 11.7. The van der Waals surface area contributed by atoms with Crippen LogP contribution in [0.5, 0.6) is 0 Å². The van der Waals surface area contributed by atoms with Gasteiger partial charge in [-0.1, -0.05) is 65.5 Å². The molecule has 3 saturated carbocycles. The molecule has 0 aromatic carbocycles. The molecule has 0 bridgehead atoms. The molecule has 0 amide bonds. The van der Waals surface area contributed by atoms with Crippen molar-refractivity contribution in [2.75, 3.05) is 0 Å². The molecular weight excluding hydrogens is 504 g/mol. The van der Waals surface area contributed by atoms with E-state index in [1.807, 2.05) is 4.98 Å². The number of hydrogen-bond acceptors (Lipinski definition) is 4. The normalized spacial score (nSPS) is 35.8. The number of allylic oxidation sites excluding steroid dienone is 1. The summed E-state index contributed by atoms with van der Waals surface area (Å²) in [5.41, 5.74) is 0.951. The molecule has 5 N–H and O–H groups in total. The van der Waals surface area contributed by atoms with E-state index in [0.717, 1.165) is 48.3 Å². The van der Waals surface area contributed by atoms with Gasteiger partial charge in [-0.05, 0) is 97.7 Å². The van der Waals surface area contributed by atoms with E-state index in [1.165, 1.54) is 57.8 Å². The van der Waals surface area contributed by atoms with E-state index in [9.17, 15) is 19.5 Å². The molecule has 8 atom stereocenters. The summed E-state index contributed by atoms with van der Waals surface area (Å²) in [7, 11) is 0. The number of hydrogen-bond donors (Lipinski definition) is 5. The molecule has 0 aliphatic heterocycles. The Morgan fingerprint density at radius 3 is 2.35 bits per heavy atom. The van der Waals surface area contributed by atoms with Gasteiger partial charge in [0.05, 0.1) is 6.10 Å². The van der Waals surface area contributed by atoms with Gasteiger partial charge in [-0.25, -0.2) is 9.59 Å². The molecule has 8 heteroatoms. The molecule has 40 heavy (non-hydrogen) atoms. The van der Waals surface area contributed by atoms with Crippen LogP contribution in [0.3, 0.4) is 0 Å². The largest absolute Gasteiger partial charge is 0.393 e. The van der Waals surface area contributed by atoms with Crippen molar-refractivity contribution in [3.8, 4) is 0 Å². The lowest BCUT2D eigenvalue weighted by Crippen LogP contribution is -2.50. The van der Waals surface area contributed by atoms with Crippen LogP contribution in [-0.2, 0) is 0 Å². The Kier molecular flexibility index (Phi) is 8.12. The third kappa shape index (κ3) is 5.33. The molecule has 2 aromatic heterocycles. The number of H-pyrrole nitrogens is 4. The van der Waals surface area contributed by atoms with Crippen LogP contribution >= 0.6 is 0 Å². The van der Waals surface area contributed by atoms with Gasteiger partial charge in [-0.2, -0.15) is 0 Å². The maximum atomic E-state index is 10.9. The van der Waals surface area contributed by atoms with E-state index in [4.69, 9.17) is 0 Å². The summed E-state index contributed by atoms with van der Waals surface area (Å²) in [6.45, 7) is 12.6. The highest BCUT2D eigenvalue weighted by molar-refractivity contribution is 5.67. The predicted molar refractivity (Wildman–Crippen MR) is 159 cm³/mol. The zero-order valence-electron chi connectivity index (χ0n) is 25.1. The second kappa shape index (κ2) is 11.1. The Bertz CT molecular complexity index is 1400. The molecule has 1 unspecified atom stereocenters. The monoisotopic (exact) mass is 554 g/mol. The van der Waals surface area contributed by atoms with Crippen LogP contribution < -0.4 is 16.9 Å². The quantitative estimate of drug-likeness (QED) is 0.307. The van der Waals surface area contributed by atoms with Gasteiger partial charge in [-0.15, -0.1) is 0 Å². The van der Waals surface area contributed by atoms with E-state index in [1.54, 1.807) is 5.57 Å². The number of aliphatic hydroxyl groups is 1. The number of aliphatic hydroxyl groups excluding tert-OH is 1. The molecule has 4 aliphatic rings. The van der Waals surface area contributed by atoms with Gasteiger partial charge in [0.2, 0.25) is 0 Å². The minimum Gasteiger partial charge on any atom is -0.393 e. The second-order valence-electron chi connectivity index (χ2n) is 14.4. The van der Waals surface area contributed by atoms with Gasteiger partial charge >= 0.3 is 11.4 Å². The molecule has 0 radical (unpaired) electrons. The smallest absolute Gasteiger partial charge is 0.327 e. The molecule has 3 fully saturated rings. The summed E-state index contributed by atoms with van der Waals surface area (Å²) in [4.78, 5) is 41.0. The summed E-state index contributed by atoms with van der Waals surface area (Å²) in [5.74, 6) is 5.46. The minimum atomic E-state index is -0.650. The van der Waals surface area contributed by atoms with Crippen molar-refractivity contribution in [3.63, 3.8) is 0 Å². The van der Waals surface area contributed by atoms with Crippen LogP contribution in [0.25, 0.3) is 11.2 Å². The summed E-state index contributed by atoms with van der Waals surface area (Å²) in [6.07, 6.45) is 17.2. The Balaban J connectivity index is 0.000000223. The Morgan fingerprint density at radius 1 is 0.900 bits per heavy atom. The average Bonchev–Trinajstić information content (AvgIpc) is 3.43. The van der Waals surface area contributed by atoms with E-state index < -0.39 is 16.9 Å². The molecule has 6 rings (SSSR count). The fourth-order valence-electron chi connectivity index (χ4n) is 9.62. The summed E-state index contributed by atoms with van der Waals surface area (Å²) < 4.78 is 0. The lowest BCUT2D eigenvalue weighted by Gasteiger charge is -2.58. The zero-order valence-corrected chi connectivity index (χ0v) is 25.1. The molecule has 4 aliphatic carbocycles. The predicted octanol–water partition coefficient (Wildman–Crippen LogP) is 5.62. The first-order valence-electron chi connectivity index (χ1n) is 15.7. The first-order chi connectivity index (χ1) is 18.9. The van der Waals surface area contributed by atoms with Crippen LogP contribution in [0, 0.1) is 46.3 Å². The van der Waals surface area contributed by atoms with Crippen molar-refractivity contribution >= 4 is 11.2 Å². The molecule has 0 spiro atoms. The fraction of sp³-hybridized carbons (Fsp3) is 0.781. The van der Waals surface area contributed by atoms with Gasteiger partial charge < -0.3 is 5.11 Å². The first kappa shape index (κ1) is 29.2. The number of aromatic nitrogens is 4. The van der Waals surface area contributed by atoms with Crippen LogP contribution in [0.15, 0.2) is 26.0 Å². The number of imidazole rings is 1. The summed E-state index contributed by atoms with van der Waals surface area (Å²) >= 11 is 0. The summed E-state index contributed by atoms with van der Waals surface area (Å²) in [6, 6.07) is 0. The van der Waals surface area contributed by atoms with Gasteiger partial charge in [0, 0.05) is 0 Å². The highest BCUT2D eigenvalue weighted by Crippen LogP contribution is 2.67.